The van der Waals surface area contributed by atoms with Gasteiger partial charge in [0.1, 0.15) is 12.2 Å². The predicted molar refractivity (Wildman–Crippen MR) is 104 cm³/mol. The molecule has 0 aromatic carbocycles. The zero-order chi connectivity index (χ0) is 23.5. The Hall–Kier alpha value is -2.81. The minimum Gasteiger partial charge on any atom is -0.459 e. The van der Waals surface area contributed by atoms with Crippen molar-refractivity contribution < 1.29 is 43.3 Å². The van der Waals surface area contributed by atoms with E-state index in [9.17, 15) is 29.1 Å². The van der Waals surface area contributed by atoms with Gasteiger partial charge in [0, 0.05) is 24.8 Å². The zero-order valence-corrected chi connectivity index (χ0v) is 18.3. The molecule has 3 rings (SSSR count). The number of aliphatic hydroxyl groups is 1. The maximum Gasteiger partial charge on any atom is 0.351 e. The first-order chi connectivity index (χ1) is 14.2. The molecule has 1 heterocycles. The van der Waals surface area contributed by atoms with Gasteiger partial charge in [-0.1, -0.05) is 11.1 Å². The highest BCUT2D eigenvalue weighted by Crippen LogP contribution is 2.51. The van der Waals surface area contributed by atoms with E-state index in [1.807, 2.05) is 0 Å². The second-order valence-corrected chi connectivity index (χ2v) is 8.80. The number of allylic oxidation sites excluding steroid dienone is 1. The Morgan fingerprint density at radius 2 is 1.84 bits per heavy atom. The largest absolute Gasteiger partial charge is 0.459 e. The van der Waals surface area contributed by atoms with Crippen LogP contribution in [0.4, 0.5) is 0 Å². The molecule has 1 fully saturated rings. The molecule has 9 heteroatoms. The van der Waals surface area contributed by atoms with Gasteiger partial charge in [0.25, 0.3) is 0 Å². The van der Waals surface area contributed by atoms with Gasteiger partial charge in [-0.25, -0.2) is 9.59 Å². The Morgan fingerprint density at radius 1 is 1.23 bits per heavy atom. The summed E-state index contributed by atoms with van der Waals surface area (Å²) in [6, 6.07) is 0. The molecule has 0 aromatic heterocycles. The molecule has 0 amide bonds. The first-order valence-electron chi connectivity index (χ1n) is 9.99. The molecule has 168 valence electrons. The number of rotatable bonds is 4. The number of ketones is 2. The van der Waals surface area contributed by atoms with Gasteiger partial charge in [0.2, 0.25) is 11.2 Å². The van der Waals surface area contributed by atoms with Gasteiger partial charge in [-0.2, -0.15) is 0 Å². The van der Waals surface area contributed by atoms with Crippen molar-refractivity contribution >= 4 is 29.5 Å². The minimum absolute atomic E-state index is 0.0348. The summed E-state index contributed by atoms with van der Waals surface area (Å²) in [6.07, 6.45) is -0.527. The average Bonchev–Trinajstić information content (AvgIpc) is 3.00. The summed E-state index contributed by atoms with van der Waals surface area (Å²) in [7, 11) is 0. The van der Waals surface area contributed by atoms with Crippen LogP contribution >= 0.6 is 0 Å². The van der Waals surface area contributed by atoms with Crippen LogP contribution in [0.2, 0.25) is 0 Å². The first-order valence-corrected chi connectivity index (χ1v) is 9.99. The van der Waals surface area contributed by atoms with E-state index in [0.29, 0.717) is 16.7 Å². The van der Waals surface area contributed by atoms with Crippen LogP contribution in [0.1, 0.15) is 48.0 Å². The Bertz CT molecular complexity index is 954. The number of esters is 3. The molecule has 9 nitrogen and oxygen atoms in total. The Labute approximate surface area is 179 Å². The van der Waals surface area contributed by atoms with Crippen molar-refractivity contribution in [2.75, 3.05) is 0 Å². The molecule has 0 bridgehead atoms. The van der Waals surface area contributed by atoms with Crippen LogP contribution in [0.15, 0.2) is 22.8 Å². The SMILES string of the molecule is CC(=O)O[C@]1(C)C(=O)O[C@H]2[C@@H]3C(C)=CC(=O)C3=C(C)C[C@H](OC(=O)[C@@](C)(O)C(C)=O)[C@H]21. The minimum atomic E-state index is -2.40. The summed E-state index contributed by atoms with van der Waals surface area (Å²) in [5.41, 5.74) is -2.43. The number of fused-ring (bicyclic) bond motifs is 3. The van der Waals surface area contributed by atoms with Crippen molar-refractivity contribution in [1.82, 2.24) is 0 Å². The molecule has 0 unspecified atom stereocenters. The normalized spacial score (nSPS) is 34.1. The van der Waals surface area contributed by atoms with Crippen molar-refractivity contribution in [2.45, 2.75) is 71.4 Å². The number of Topliss-reactive ketones (excluding diaryl/α,β-unsaturated/α-hetero) is 1. The molecule has 2 aliphatic carbocycles. The molecule has 6 atom stereocenters. The molecule has 1 saturated heterocycles. The van der Waals surface area contributed by atoms with E-state index in [1.165, 1.54) is 13.0 Å². The van der Waals surface area contributed by atoms with Gasteiger partial charge in [-0.15, -0.1) is 0 Å². The molecule has 0 saturated carbocycles. The molecule has 1 aliphatic heterocycles. The van der Waals surface area contributed by atoms with E-state index in [4.69, 9.17) is 14.2 Å². The predicted octanol–water partition coefficient (Wildman–Crippen LogP) is 0.967. The van der Waals surface area contributed by atoms with Gasteiger partial charge in [-0.3, -0.25) is 14.4 Å². The van der Waals surface area contributed by atoms with Crippen LogP contribution in [-0.4, -0.2) is 58.0 Å². The summed E-state index contributed by atoms with van der Waals surface area (Å²) in [5.74, 6) is -5.33. The van der Waals surface area contributed by atoms with Crippen molar-refractivity contribution in [2.24, 2.45) is 11.8 Å². The van der Waals surface area contributed by atoms with Crippen LogP contribution in [-0.2, 0) is 38.2 Å². The number of carbonyl (C=O) groups excluding carboxylic acids is 5. The van der Waals surface area contributed by atoms with Crippen LogP contribution in [0.3, 0.4) is 0 Å². The molecule has 31 heavy (non-hydrogen) atoms. The van der Waals surface area contributed by atoms with E-state index in [2.05, 4.69) is 0 Å². The van der Waals surface area contributed by atoms with Crippen molar-refractivity contribution in [3.63, 3.8) is 0 Å². The zero-order valence-electron chi connectivity index (χ0n) is 18.3. The smallest absolute Gasteiger partial charge is 0.351 e. The Morgan fingerprint density at radius 3 is 2.39 bits per heavy atom. The third-order valence-corrected chi connectivity index (χ3v) is 6.46. The third-order valence-electron chi connectivity index (χ3n) is 6.46. The molecular weight excluding hydrogens is 408 g/mol. The standard InChI is InChI=1S/C22H26O9/c1-9-7-13(25)15-10(2)8-14(29-19(26)21(5,28)11(3)23)17-18(16(9)15)30-20(27)22(17,6)31-12(4)24/h7,14,16-18,28H,8H2,1-6H3/t14-,16+,17+,18-,21-,22-/m0/s1. The monoisotopic (exact) mass is 434 g/mol. The fraction of sp³-hybridized carbons (Fsp3) is 0.591. The summed E-state index contributed by atoms with van der Waals surface area (Å²) in [6.45, 7) is 8.03. The van der Waals surface area contributed by atoms with E-state index in [0.717, 1.165) is 20.8 Å². The van der Waals surface area contributed by atoms with Crippen LogP contribution in [0.25, 0.3) is 0 Å². The lowest BCUT2D eigenvalue weighted by atomic mass is 9.77. The molecule has 0 spiro atoms. The lowest BCUT2D eigenvalue weighted by Crippen LogP contribution is -2.52. The summed E-state index contributed by atoms with van der Waals surface area (Å²) >= 11 is 0. The van der Waals surface area contributed by atoms with E-state index >= 15 is 0 Å². The fourth-order valence-electron chi connectivity index (χ4n) is 4.72. The first kappa shape index (κ1) is 22.9. The lowest BCUT2D eigenvalue weighted by molar-refractivity contribution is -0.184. The highest BCUT2D eigenvalue weighted by molar-refractivity contribution is 6.09. The van der Waals surface area contributed by atoms with Crippen molar-refractivity contribution in [3.8, 4) is 0 Å². The maximum atomic E-state index is 12.8. The Kier molecular flexibility index (Phi) is 5.46. The summed E-state index contributed by atoms with van der Waals surface area (Å²) in [4.78, 5) is 61.6. The molecule has 0 aromatic rings. The third kappa shape index (κ3) is 3.50. The number of hydrogen-bond acceptors (Lipinski definition) is 9. The lowest BCUT2D eigenvalue weighted by Gasteiger charge is -2.35. The van der Waals surface area contributed by atoms with Crippen LogP contribution in [0.5, 0.6) is 0 Å². The number of carbonyl (C=O) groups is 5. The average molecular weight is 434 g/mol. The number of ether oxygens (including phenoxy) is 3. The van der Waals surface area contributed by atoms with Crippen molar-refractivity contribution in [3.05, 3.63) is 22.8 Å². The van der Waals surface area contributed by atoms with Gasteiger partial charge in [0.05, 0.1) is 5.92 Å². The fourth-order valence-corrected chi connectivity index (χ4v) is 4.72. The quantitative estimate of drug-likeness (QED) is 0.390. The molecule has 1 N–H and O–H groups in total. The second-order valence-electron chi connectivity index (χ2n) is 8.80. The van der Waals surface area contributed by atoms with Gasteiger partial charge < -0.3 is 19.3 Å². The molecular formula is C22H26O9. The second kappa shape index (κ2) is 7.40. The summed E-state index contributed by atoms with van der Waals surface area (Å²) in [5, 5.41) is 10.3. The van der Waals surface area contributed by atoms with E-state index in [-0.39, 0.29) is 12.2 Å². The summed E-state index contributed by atoms with van der Waals surface area (Å²) < 4.78 is 16.5. The van der Waals surface area contributed by atoms with Gasteiger partial charge >= 0.3 is 17.9 Å². The molecule has 0 radical (unpaired) electrons. The number of hydrogen-bond donors (Lipinski definition) is 1. The molecule has 3 aliphatic rings. The van der Waals surface area contributed by atoms with Gasteiger partial charge in [0.15, 0.2) is 11.6 Å². The van der Waals surface area contributed by atoms with Crippen LogP contribution in [0, 0.1) is 11.8 Å². The topological polar surface area (TPSA) is 133 Å². The highest BCUT2D eigenvalue weighted by Gasteiger charge is 2.65. The van der Waals surface area contributed by atoms with Crippen molar-refractivity contribution in [1.29, 1.82) is 0 Å². The van der Waals surface area contributed by atoms with Crippen LogP contribution < -0.4 is 0 Å². The highest BCUT2D eigenvalue weighted by atomic mass is 16.6. The van der Waals surface area contributed by atoms with Gasteiger partial charge in [-0.05, 0) is 40.7 Å². The maximum absolute atomic E-state index is 12.8. The van der Waals surface area contributed by atoms with E-state index < -0.39 is 58.9 Å². The van der Waals surface area contributed by atoms with E-state index in [1.54, 1.807) is 13.8 Å². The Balaban J connectivity index is 2.12.